The maximum absolute atomic E-state index is 12.3. The molecule has 3 rings (SSSR count). The Hall–Kier alpha value is -2.54. The summed E-state index contributed by atoms with van der Waals surface area (Å²) >= 11 is 6.52. The van der Waals surface area contributed by atoms with Gasteiger partial charge in [-0.2, -0.15) is 0 Å². The Bertz CT molecular complexity index is 1090. The summed E-state index contributed by atoms with van der Waals surface area (Å²) in [5.74, 6) is 0.489. The Balaban J connectivity index is 1.43. The van der Waals surface area contributed by atoms with E-state index in [1.165, 1.54) is 16.5 Å². The molecule has 1 fully saturated rings. The van der Waals surface area contributed by atoms with Gasteiger partial charge >= 0.3 is 6.09 Å². The number of aryl methyl sites for hydroxylation is 2. The molecular weight excluding hydrogens is 523 g/mol. The summed E-state index contributed by atoms with van der Waals surface area (Å²) in [6.45, 7) is 12.8. The van der Waals surface area contributed by atoms with Crippen LogP contribution in [0.3, 0.4) is 0 Å². The van der Waals surface area contributed by atoms with Gasteiger partial charge in [-0.3, -0.25) is 19.3 Å². The number of amides is 2. The minimum absolute atomic E-state index is 0.142. The Labute approximate surface area is 233 Å². The minimum atomic E-state index is -0.456. The molecule has 38 heavy (non-hydrogen) atoms. The van der Waals surface area contributed by atoms with Crippen LogP contribution < -0.4 is 14.5 Å². The van der Waals surface area contributed by atoms with E-state index in [2.05, 4.69) is 21.9 Å². The molecule has 10 heteroatoms. The number of hydrogen-bond donors (Lipinski definition) is 0. The lowest BCUT2D eigenvalue weighted by molar-refractivity contribution is -0.117. The number of anilines is 2. The van der Waals surface area contributed by atoms with Crippen LogP contribution >= 0.6 is 20.3 Å². The van der Waals surface area contributed by atoms with Crippen LogP contribution in [0.2, 0.25) is 5.02 Å². The Kier molecular flexibility index (Phi) is 11.5. The van der Waals surface area contributed by atoms with Crippen LogP contribution in [-0.4, -0.2) is 81.3 Å². The molecule has 2 aromatic rings. The van der Waals surface area contributed by atoms with Gasteiger partial charge < -0.3 is 14.4 Å². The lowest BCUT2D eigenvalue weighted by atomic mass is 10.1. The van der Waals surface area contributed by atoms with Gasteiger partial charge in [0.1, 0.15) is 5.75 Å². The van der Waals surface area contributed by atoms with E-state index >= 15 is 0 Å². The predicted molar refractivity (Wildman–Crippen MR) is 157 cm³/mol. The van der Waals surface area contributed by atoms with E-state index in [0.29, 0.717) is 18.0 Å². The Morgan fingerprint density at radius 2 is 1.79 bits per heavy atom. The summed E-state index contributed by atoms with van der Waals surface area (Å²) in [5, 5.41) is 0.856. The van der Waals surface area contributed by atoms with Crippen molar-refractivity contribution in [3.8, 4) is 5.75 Å². The number of carbonyl (C=O) groups excluding carboxylic acids is 2. The molecule has 1 atom stereocenters. The third-order valence-corrected chi connectivity index (χ3v) is 8.14. The second-order valence-corrected chi connectivity index (χ2v) is 11.0. The normalized spacial score (nSPS) is 14.1. The average molecular weight is 563 g/mol. The van der Waals surface area contributed by atoms with E-state index < -0.39 is 6.09 Å². The lowest BCUT2D eigenvalue weighted by Gasteiger charge is -2.36. The third-order valence-electron chi connectivity index (χ3n) is 6.80. The molecular formula is C28H40ClN4O4P. The number of ether oxygens (including phenoxy) is 2. The van der Waals surface area contributed by atoms with Crippen molar-refractivity contribution in [1.82, 2.24) is 9.57 Å². The molecule has 0 bridgehead atoms. The molecule has 2 amide bonds. The average Bonchev–Trinajstić information content (AvgIpc) is 2.91. The van der Waals surface area contributed by atoms with E-state index in [1.807, 2.05) is 44.8 Å². The van der Waals surface area contributed by atoms with Crippen molar-refractivity contribution in [2.24, 2.45) is 0 Å². The molecule has 0 aromatic heterocycles. The minimum Gasteiger partial charge on any atom is -0.494 e. The summed E-state index contributed by atoms with van der Waals surface area (Å²) in [6.07, 6.45) is 1.53. The van der Waals surface area contributed by atoms with Gasteiger partial charge in [0.05, 0.1) is 23.0 Å². The highest BCUT2D eigenvalue weighted by molar-refractivity contribution is 7.35. The first-order valence-corrected chi connectivity index (χ1v) is 14.9. The Morgan fingerprint density at radius 1 is 1.05 bits per heavy atom. The van der Waals surface area contributed by atoms with Gasteiger partial charge in [0.2, 0.25) is 5.91 Å². The van der Waals surface area contributed by atoms with Gasteiger partial charge in [0, 0.05) is 46.2 Å². The van der Waals surface area contributed by atoms with Crippen LogP contribution in [-0.2, 0) is 9.53 Å². The first-order chi connectivity index (χ1) is 18.2. The van der Waals surface area contributed by atoms with Crippen molar-refractivity contribution in [2.75, 3.05) is 69.6 Å². The summed E-state index contributed by atoms with van der Waals surface area (Å²) in [4.78, 5) is 30.7. The SMILES string of the molecule is CPN(C)C(=O)OCN(C(C)=O)c1cc(OCCCCN2CCN(c3cccc(C)c3Cl)CC2)ccc1C. The molecule has 0 radical (unpaired) electrons. The van der Waals surface area contributed by atoms with Crippen molar-refractivity contribution >= 4 is 43.7 Å². The fraction of sp³-hybridized carbons (Fsp3) is 0.500. The zero-order chi connectivity index (χ0) is 27.7. The lowest BCUT2D eigenvalue weighted by Crippen LogP contribution is -2.46. The van der Waals surface area contributed by atoms with Gasteiger partial charge in [-0.05, 0) is 71.9 Å². The molecule has 0 saturated carbocycles. The first-order valence-electron chi connectivity index (χ1n) is 13.0. The van der Waals surface area contributed by atoms with E-state index in [1.54, 1.807) is 7.05 Å². The van der Waals surface area contributed by atoms with Crippen molar-refractivity contribution in [3.05, 3.63) is 52.5 Å². The van der Waals surface area contributed by atoms with E-state index in [0.717, 1.165) is 67.4 Å². The Morgan fingerprint density at radius 3 is 2.47 bits per heavy atom. The number of piperazine rings is 1. The monoisotopic (exact) mass is 562 g/mol. The molecule has 1 saturated heterocycles. The summed E-state index contributed by atoms with van der Waals surface area (Å²) in [6, 6.07) is 11.9. The van der Waals surface area contributed by atoms with E-state index in [-0.39, 0.29) is 21.4 Å². The van der Waals surface area contributed by atoms with Crippen molar-refractivity contribution < 1.29 is 19.1 Å². The molecule has 208 valence electrons. The van der Waals surface area contributed by atoms with Crippen LogP contribution in [0.1, 0.15) is 30.9 Å². The van der Waals surface area contributed by atoms with Crippen LogP contribution in [0.15, 0.2) is 36.4 Å². The largest absolute Gasteiger partial charge is 0.494 e. The molecule has 0 N–H and O–H groups in total. The second-order valence-electron chi connectivity index (χ2n) is 9.51. The summed E-state index contributed by atoms with van der Waals surface area (Å²) < 4.78 is 12.8. The van der Waals surface area contributed by atoms with E-state index in [9.17, 15) is 9.59 Å². The number of benzene rings is 2. The molecule has 1 unspecified atom stereocenters. The number of nitrogens with zero attached hydrogens (tertiary/aromatic N) is 4. The maximum atomic E-state index is 12.3. The van der Waals surface area contributed by atoms with Crippen molar-refractivity contribution in [2.45, 2.75) is 33.6 Å². The second kappa shape index (κ2) is 14.6. The quantitative estimate of drug-likeness (QED) is 0.203. The van der Waals surface area contributed by atoms with Gasteiger partial charge in [0.25, 0.3) is 0 Å². The molecule has 1 aliphatic heterocycles. The fourth-order valence-corrected chi connectivity index (χ4v) is 4.82. The van der Waals surface area contributed by atoms with Gasteiger partial charge in [0.15, 0.2) is 6.73 Å². The molecule has 8 nitrogen and oxygen atoms in total. The van der Waals surface area contributed by atoms with Crippen LogP contribution in [0.4, 0.5) is 16.2 Å². The predicted octanol–water partition coefficient (Wildman–Crippen LogP) is 5.54. The van der Waals surface area contributed by atoms with Gasteiger partial charge in [-0.25, -0.2) is 4.79 Å². The standard InChI is InChI=1S/C28H40ClN4O4P/c1-21-11-12-24(19-26(21)33(23(3)34)20-37-28(35)30(4)38-5)36-18-7-6-13-31-14-16-32(17-15-31)25-10-8-9-22(2)27(25)29/h8-12,19,38H,6-7,13-18,20H2,1-5H3. The first kappa shape index (κ1) is 30.0. The zero-order valence-corrected chi connectivity index (χ0v) is 24.9. The smallest absolute Gasteiger partial charge is 0.414 e. The highest BCUT2D eigenvalue weighted by atomic mass is 35.5. The van der Waals surface area contributed by atoms with Crippen molar-refractivity contribution in [3.63, 3.8) is 0 Å². The van der Waals surface area contributed by atoms with E-state index in [4.69, 9.17) is 21.1 Å². The summed E-state index contributed by atoms with van der Waals surface area (Å²) in [7, 11) is 1.96. The number of hydrogen-bond acceptors (Lipinski definition) is 6. The van der Waals surface area contributed by atoms with Crippen molar-refractivity contribution in [1.29, 1.82) is 0 Å². The van der Waals surface area contributed by atoms with Crippen LogP contribution in [0, 0.1) is 13.8 Å². The van der Waals surface area contributed by atoms with Gasteiger partial charge in [-0.1, -0.05) is 29.8 Å². The third kappa shape index (κ3) is 8.23. The number of halogens is 1. The van der Waals surface area contributed by atoms with Gasteiger partial charge in [-0.15, -0.1) is 0 Å². The molecule has 2 aromatic carbocycles. The van der Waals surface area contributed by atoms with Crippen LogP contribution in [0.25, 0.3) is 0 Å². The number of unbranched alkanes of at least 4 members (excludes halogenated alkanes) is 1. The molecule has 1 heterocycles. The van der Waals surface area contributed by atoms with Crippen LogP contribution in [0.5, 0.6) is 5.75 Å². The zero-order valence-electron chi connectivity index (χ0n) is 23.1. The molecule has 0 aliphatic carbocycles. The fourth-order valence-electron chi connectivity index (χ4n) is 4.32. The highest BCUT2D eigenvalue weighted by Gasteiger charge is 2.20. The number of rotatable bonds is 11. The highest BCUT2D eigenvalue weighted by Crippen LogP contribution is 2.30. The topological polar surface area (TPSA) is 65.6 Å². The molecule has 1 aliphatic rings. The molecule has 0 spiro atoms. The maximum Gasteiger partial charge on any atom is 0.414 e. The number of carbonyl (C=O) groups is 2. The summed E-state index contributed by atoms with van der Waals surface area (Å²) in [5.41, 5.74) is 3.83.